The fraction of sp³-hybridized carbons (Fsp3) is 0.571. The topological polar surface area (TPSA) is 15.3 Å². The largest absolute Gasteiger partial charge is 0.309 e. The third-order valence-electron chi connectivity index (χ3n) is 3.86. The fourth-order valence-corrected chi connectivity index (χ4v) is 2.98. The van der Waals surface area contributed by atoms with Crippen LogP contribution in [0.15, 0.2) is 24.3 Å². The molecule has 1 fully saturated rings. The van der Waals surface area contributed by atoms with Crippen molar-refractivity contribution in [1.29, 1.82) is 0 Å². The van der Waals surface area contributed by atoms with Crippen LogP contribution in [0.3, 0.4) is 0 Å². The van der Waals surface area contributed by atoms with E-state index in [-0.39, 0.29) is 0 Å². The zero-order valence-electron chi connectivity index (χ0n) is 9.78. The summed E-state index contributed by atoms with van der Waals surface area (Å²) in [7, 11) is 0. The van der Waals surface area contributed by atoms with E-state index in [2.05, 4.69) is 34.5 Å². The first-order chi connectivity index (χ1) is 7.93. The molecule has 2 aliphatic rings. The van der Waals surface area contributed by atoms with Gasteiger partial charge < -0.3 is 10.2 Å². The summed E-state index contributed by atoms with van der Waals surface area (Å²) < 4.78 is 0. The summed E-state index contributed by atoms with van der Waals surface area (Å²) in [6.45, 7) is 4.91. The predicted molar refractivity (Wildman–Crippen MR) is 66.6 cm³/mol. The third-order valence-corrected chi connectivity index (χ3v) is 3.86. The Hall–Kier alpha value is -0.860. The van der Waals surface area contributed by atoms with Crippen molar-refractivity contribution in [2.24, 2.45) is 0 Å². The average Bonchev–Trinajstić information content (AvgIpc) is 2.82. The van der Waals surface area contributed by atoms with Crippen molar-refractivity contribution in [3.63, 3.8) is 0 Å². The van der Waals surface area contributed by atoms with Gasteiger partial charge in [-0.25, -0.2) is 0 Å². The maximum atomic E-state index is 3.66. The summed E-state index contributed by atoms with van der Waals surface area (Å²) in [6.07, 6.45) is 3.95. The van der Waals surface area contributed by atoms with Crippen LogP contribution >= 0.6 is 0 Å². The van der Waals surface area contributed by atoms with Gasteiger partial charge in [-0.15, -0.1) is 0 Å². The first kappa shape index (κ1) is 10.3. The molecule has 16 heavy (non-hydrogen) atoms. The Kier molecular flexibility index (Phi) is 2.94. The first-order valence-electron chi connectivity index (χ1n) is 6.47. The lowest BCUT2D eigenvalue weighted by Gasteiger charge is -2.30. The Labute approximate surface area is 97.6 Å². The van der Waals surface area contributed by atoms with Crippen LogP contribution in [0.1, 0.15) is 30.0 Å². The molecule has 0 bridgehead atoms. The van der Waals surface area contributed by atoms with Crippen molar-refractivity contribution in [3.05, 3.63) is 35.4 Å². The molecule has 0 unspecified atom stereocenters. The van der Waals surface area contributed by atoms with Gasteiger partial charge in [0.15, 0.2) is 0 Å². The minimum absolute atomic E-state index is 0.558. The normalized spacial score (nSPS) is 25.6. The molecule has 1 saturated heterocycles. The van der Waals surface area contributed by atoms with Crippen molar-refractivity contribution in [2.45, 2.75) is 25.3 Å². The summed E-state index contributed by atoms with van der Waals surface area (Å²) >= 11 is 0. The van der Waals surface area contributed by atoms with Gasteiger partial charge in [0.1, 0.15) is 0 Å². The Morgan fingerprint density at radius 3 is 2.88 bits per heavy atom. The van der Waals surface area contributed by atoms with Crippen LogP contribution in [0.2, 0.25) is 0 Å². The molecule has 0 spiro atoms. The van der Waals surface area contributed by atoms with Gasteiger partial charge >= 0.3 is 0 Å². The fourth-order valence-electron chi connectivity index (χ4n) is 2.98. The zero-order valence-corrected chi connectivity index (χ0v) is 9.78. The minimum atomic E-state index is 0.558. The second-order valence-electron chi connectivity index (χ2n) is 4.96. The molecule has 0 amide bonds. The molecule has 1 aromatic rings. The summed E-state index contributed by atoms with van der Waals surface area (Å²) in [5, 5.41) is 3.66. The highest BCUT2D eigenvalue weighted by molar-refractivity contribution is 5.32. The van der Waals surface area contributed by atoms with Gasteiger partial charge in [-0.3, -0.25) is 0 Å². The van der Waals surface area contributed by atoms with Crippen LogP contribution in [0, 0.1) is 0 Å². The van der Waals surface area contributed by atoms with Crippen molar-refractivity contribution in [1.82, 2.24) is 10.2 Å². The van der Waals surface area contributed by atoms with Crippen LogP contribution in [0.5, 0.6) is 0 Å². The second-order valence-corrected chi connectivity index (χ2v) is 4.96. The number of benzene rings is 1. The van der Waals surface area contributed by atoms with Crippen molar-refractivity contribution < 1.29 is 0 Å². The molecule has 0 aromatic heterocycles. The lowest BCUT2D eigenvalue weighted by Crippen LogP contribution is -2.37. The van der Waals surface area contributed by atoms with Crippen LogP contribution in [-0.2, 0) is 6.42 Å². The number of hydrogen-bond acceptors (Lipinski definition) is 2. The average molecular weight is 216 g/mol. The van der Waals surface area contributed by atoms with Gasteiger partial charge in [0.05, 0.1) is 0 Å². The van der Waals surface area contributed by atoms with E-state index >= 15 is 0 Å². The summed E-state index contributed by atoms with van der Waals surface area (Å²) in [5.41, 5.74) is 3.08. The number of likely N-dealkylation sites (tertiary alicyclic amines) is 1. The lowest BCUT2D eigenvalue weighted by atomic mass is 9.94. The zero-order chi connectivity index (χ0) is 10.8. The van der Waals surface area contributed by atoms with E-state index in [1.54, 1.807) is 5.56 Å². The van der Waals surface area contributed by atoms with Crippen LogP contribution in [0.4, 0.5) is 0 Å². The quantitative estimate of drug-likeness (QED) is 0.813. The molecule has 1 N–H and O–H groups in total. The lowest BCUT2D eigenvalue weighted by molar-refractivity contribution is 0.287. The Morgan fingerprint density at radius 1 is 1.19 bits per heavy atom. The van der Waals surface area contributed by atoms with E-state index in [1.807, 2.05) is 0 Å². The Morgan fingerprint density at radius 2 is 2.00 bits per heavy atom. The SMILES string of the molecule is c1ccc2c(c1)CCN[C@H]2CN1CCCC1. The van der Waals surface area contributed by atoms with E-state index in [9.17, 15) is 0 Å². The Balaban J connectivity index is 1.76. The first-order valence-corrected chi connectivity index (χ1v) is 6.47. The summed E-state index contributed by atoms with van der Waals surface area (Å²) in [5.74, 6) is 0. The van der Waals surface area contributed by atoms with Gasteiger partial charge in [-0.1, -0.05) is 24.3 Å². The Bertz CT molecular complexity index is 356. The molecule has 2 heteroatoms. The number of rotatable bonds is 2. The van der Waals surface area contributed by atoms with Gasteiger partial charge in [0.2, 0.25) is 0 Å². The molecular weight excluding hydrogens is 196 g/mol. The molecule has 0 radical (unpaired) electrons. The van der Waals surface area contributed by atoms with E-state index in [0.29, 0.717) is 6.04 Å². The monoisotopic (exact) mass is 216 g/mol. The number of nitrogens with zero attached hydrogens (tertiary/aromatic N) is 1. The maximum absolute atomic E-state index is 3.66. The van der Waals surface area contributed by atoms with Crippen LogP contribution in [-0.4, -0.2) is 31.1 Å². The van der Waals surface area contributed by atoms with Gasteiger partial charge in [0, 0.05) is 12.6 Å². The van der Waals surface area contributed by atoms with E-state index < -0.39 is 0 Å². The maximum Gasteiger partial charge on any atom is 0.0452 e. The van der Waals surface area contributed by atoms with Crippen molar-refractivity contribution in [3.8, 4) is 0 Å². The standard InChI is InChI=1S/C14H20N2/c1-2-6-13-12(5-1)7-8-15-14(13)11-16-9-3-4-10-16/h1-2,5-6,14-15H,3-4,7-11H2/t14-/m0/s1. The summed E-state index contributed by atoms with van der Waals surface area (Å²) in [4.78, 5) is 2.60. The van der Waals surface area contributed by atoms with Gasteiger partial charge in [0.25, 0.3) is 0 Å². The van der Waals surface area contributed by atoms with Gasteiger partial charge in [-0.05, 0) is 50.0 Å². The molecule has 0 aliphatic carbocycles. The van der Waals surface area contributed by atoms with E-state index in [1.165, 1.54) is 44.5 Å². The molecule has 2 aliphatic heterocycles. The van der Waals surface area contributed by atoms with Crippen LogP contribution in [0.25, 0.3) is 0 Å². The highest BCUT2D eigenvalue weighted by atomic mass is 15.2. The molecular formula is C14H20N2. The number of hydrogen-bond donors (Lipinski definition) is 1. The highest BCUT2D eigenvalue weighted by Crippen LogP contribution is 2.24. The summed E-state index contributed by atoms with van der Waals surface area (Å²) in [6, 6.07) is 9.47. The molecule has 86 valence electrons. The molecule has 1 atom stereocenters. The second kappa shape index (κ2) is 4.56. The molecule has 2 nitrogen and oxygen atoms in total. The van der Waals surface area contributed by atoms with Crippen molar-refractivity contribution >= 4 is 0 Å². The molecule has 3 rings (SSSR count). The highest BCUT2D eigenvalue weighted by Gasteiger charge is 2.22. The predicted octanol–water partition coefficient (Wildman–Crippen LogP) is 1.97. The minimum Gasteiger partial charge on any atom is -0.309 e. The van der Waals surface area contributed by atoms with Gasteiger partial charge in [-0.2, -0.15) is 0 Å². The van der Waals surface area contributed by atoms with Crippen molar-refractivity contribution in [2.75, 3.05) is 26.2 Å². The number of fused-ring (bicyclic) bond motifs is 1. The smallest absolute Gasteiger partial charge is 0.0452 e. The number of nitrogens with one attached hydrogen (secondary N) is 1. The van der Waals surface area contributed by atoms with Crippen LogP contribution < -0.4 is 5.32 Å². The molecule has 2 heterocycles. The molecule has 1 aromatic carbocycles. The van der Waals surface area contributed by atoms with E-state index in [0.717, 1.165) is 6.54 Å². The van der Waals surface area contributed by atoms with E-state index in [4.69, 9.17) is 0 Å². The third kappa shape index (κ3) is 2.00. The molecule has 0 saturated carbocycles.